The third-order valence-corrected chi connectivity index (χ3v) is 8.27. The van der Waals surface area contributed by atoms with Crippen LogP contribution in [0.4, 0.5) is 5.69 Å². The van der Waals surface area contributed by atoms with E-state index in [2.05, 4.69) is 10.3 Å². The van der Waals surface area contributed by atoms with Crippen molar-refractivity contribution < 1.29 is 13.2 Å². The van der Waals surface area contributed by atoms with E-state index in [0.717, 1.165) is 16.2 Å². The second kappa shape index (κ2) is 8.85. The second-order valence-corrected chi connectivity index (χ2v) is 10.1. The molecule has 9 heteroatoms. The van der Waals surface area contributed by atoms with Crippen molar-refractivity contribution in [3.63, 3.8) is 0 Å². The van der Waals surface area contributed by atoms with E-state index in [1.807, 2.05) is 46.4 Å². The molecular formula is C23H24N4O3S2. The lowest BCUT2D eigenvalue weighted by Crippen LogP contribution is -2.31. The molecule has 32 heavy (non-hydrogen) atoms. The molecule has 0 saturated heterocycles. The molecule has 0 saturated carbocycles. The third-order valence-electron chi connectivity index (χ3n) is 5.31. The highest BCUT2D eigenvalue weighted by atomic mass is 32.2. The fraction of sp³-hybridized carbons (Fsp3) is 0.217. The Bertz CT molecular complexity index is 1340. The first-order valence-corrected chi connectivity index (χ1v) is 12.6. The molecule has 166 valence electrons. The number of imidazole rings is 1. The van der Waals surface area contributed by atoms with E-state index in [9.17, 15) is 13.2 Å². The summed E-state index contributed by atoms with van der Waals surface area (Å²) in [5, 5.41) is 4.82. The van der Waals surface area contributed by atoms with Crippen molar-refractivity contribution in [2.24, 2.45) is 0 Å². The van der Waals surface area contributed by atoms with E-state index in [1.54, 1.807) is 44.2 Å². The zero-order valence-electron chi connectivity index (χ0n) is 18.1. The van der Waals surface area contributed by atoms with Gasteiger partial charge >= 0.3 is 0 Å². The van der Waals surface area contributed by atoms with Crippen LogP contribution in [0.25, 0.3) is 16.2 Å². The second-order valence-electron chi connectivity index (χ2n) is 7.32. The van der Waals surface area contributed by atoms with Gasteiger partial charge in [0.15, 0.2) is 4.96 Å². The Morgan fingerprint density at radius 1 is 1.12 bits per heavy atom. The molecule has 0 radical (unpaired) electrons. The van der Waals surface area contributed by atoms with E-state index in [1.165, 1.54) is 10.4 Å². The highest BCUT2D eigenvalue weighted by Gasteiger charge is 2.24. The molecule has 0 aliphatic rings. The Morgan fingerprint density at radius 3 is 2.50 bits per heavy atom. The minimum atomic E-state index is -3.66. The molecular weight excluding hydrogens is 444 g/mol. The van der Waals surface area contributed by atoms with Gasteiger partial charge in [-0.1, -0.05) is 32.0 Å². The molecule has 0 atom stereocenters. The van der Waals surface area contributed by atoms with Gasteiger partial charge in [0.25, 0.3) is 5.91 Å². The van der Waals surface area contributed by atoms with Crippen LogP contribution in [-0.2, 0) is 10.0 Å². The van der Waals surface area contributed by atoms with Crippen LogP contribution in [0.3, 0.4) is 0 Å². The summed E-state index contributed by atoms with van der Waals surface area (Å²) in [6, 6.07) is 12.2. The number of hydrogen-bond donors (Lipinski definition) is 1. The fourth-order valence-electron chi connectivity index (χ4n) is 3.52. The van der Waals surface area contributed by atoms with E-state index >= 15 is 0 Å². The number of fused-ring (bicyclic) bond motifs is 1. The summed E-state index contributed by atoms with van der Waals surface area (Å²) in [6.45, 7) is 6.06. The molecule has 1 amide bonds. The maximum absolute atomic E-state index is 13.0. The average Bonchev–Trinajstić information content (AvgIpc) is 3.37. The number of nitrogens with zero attached hydrogens (tertiary/aromatic N) is 3. The monoisotopic (exact) mass is 468 g/mol. The normalized spacial score (nSPS) is 11.9. The number of carbonyl (C=O) groups excluding carboxylic acids is 1. The first-order valence-electron chi connectivity index (χ1n) is 10.3. The molecule has 0 aliphatic carbocycles. The molecule has 2 aromatic carbocycles. The number of aromatic nitrogens is 2. The Hall–Kier alpha value is -3.01. The number of amides is 1. The standard InChI is InChI=1S/C23H24N4O3S2/c1-4-27(5-2)32(29,30)21-14-18(7-6-16(21)3)22(28)24-19-10-8-17(9-11-19)20-15-26-12-13-31-23(26)25-20/h6-15H,4-5H2,1-3H3,(H,24,28). The Labute approximate surface area is 191 Å². The molecule has 0 bridgehead atoms. The molecule has 0 spiro atoms. The molecule has 0 aliphatic heterocycles. The molecule has 0 fully saturated rings. The number of benzene rings is 2. The molecule has 4 aromatic rings. The Morgan fingerprint density at radius 2 is 1.84 bits per heavy atom. The van der Waals surface area contributed by atoms with Crippen LogP contribution in [-0.4, -0.2) is 41.1 Å². The van der Waals surface area contributed by atoms with Crippen molar-refractivity contribution in [3.05, 3.63) is 71.4 Å². The smallest absolute Gasteiger partial charge is 0.255 e. The molecule has 0 unspecified atom stereocenters. The van der Waals surface area contributed by atoms with E-state index < -0.39 is 10.0 Å². The van der Waals surface area contributed by atoms with Crippen LogP contribution in [0.15, 0.2) is 65.1 Å². The Kier molecular flexibility index (Phi) is 6.14. The average molecular weight is 469 g/mol. The highest BCUT2D eigenvalue weighted by molar-refractivity contribution is 7.89. The molecule has 2 aromatic heterocycles. The lowest BCUT2D eigenvalue weighted by Gasteiger charge is -2.20. The molecule has 1 N–H and O–H groups in total. The largest absolute Gasteiger partial charge is 0.322 e. The number of anilines is 1. The summed E-state index contributed by atoms with van der Waals surface area (Å²) < 4.78 is 29.3. The summed E-state index contributed by atoms with van der Waals surface area (Å²) in [7, 11) is -3.66. The summed E-state index contributed by atoms with van der Waals surface area (Å²) in [5.41, 5.74) is 3.33. The van der Waals surface area contributed by atoms with Crippen LogP contribution in [0.2, 0.25) is 0 Å². The van der Waals surface area contributed by atoms with Crippen molar-refractivity contribution in [1.29, 1.82) is 0 Å². The van der Waals surface area contributed by atoms with Crippen molar-refractivity contribution in [2.75, 3.05) is 18.4 Å². The van der Waals surface area contributed by atoms with E-state index in [0.29, 0.717) is 29.9 Å². The van der Waals surface area contributed by atoms with Crippen molar-refractivity contribution in [2.45, 2.75) is 25.7 Å². The van der Waals surface area contributed by atoms with Crippen LogP contribution in [0.1, 0.15) is 29.8 Å². The number of carbonyl (C=O) groups is 1. The SMILES string of the molecule is CCN(CC)S(=O)(=O)c1cc(C(=O)Nc2ccc(-c3cn4ccsc4n3)cc2)ccc1C. The third kappa shape index (κ3) is 4.19. The minimum Gasteiger partial charge on any atom is -0.322 e. The van der Waals surface area contributed by atoms with Gasteiger partial charge in [-0.25, -0.2) is 13.4 Å². The predicted molar refractivity (Wildman–Crippen MR) is 128 cm³/mol. The predicted octanol–water partition coefficient (Wildman–Crippen LogP) is 4.65. The van der Waals surface area contributed by atoms with E-state index in [-0.39, 0.29) is 10.8 Å². The topological polar surface area (TPSA) is 83.8 Å². The van der Waals surface area contributed by atoms with Crippen molar-refractivity contribution >= 4 is 37.9 Å². The number of thiazole rings is 1. The van der Waals surface area contributed by atoms with Crippen molar-refractivity contribution in [1.82, 2.24) is 13.7 Å². The molecule has 4 rings (SSSR count). The van der Waals surface area contributed by atoms with Crippen LogP contribution in [0.5, 0.6) is 0 Å². The Balaban J connectivity index is 1.54. The zero-order chi connectivity index (χ0) is 22.9. The quantitative estimate of drug-likeness (QED) is 0.428. The lowest BCUT2D eigenvalue weighted by atomic mass is 10.1. The molecule has 2 heterocycles. The minimum absolute atomic E-state index is 0.156. The van der Waals surface area contributed by atoms with Crippen LogP contribution < -0.4 is 5.32 Å². The van der Waals surface area contributed by atoms with Crippen LogP contribution >= 0.6 is 11.3 Å². The zero-order valence-corrected chi connectivity index (χ0v) is 19.7. The van der Waals surface area contributed by atoms with E-state index in [4.69, 9.17) is 0 Å². The van der Waals surface area contributed by atoms with Gasteiger partial charge in [0.05, 0.1) is 10.6 Å². The van der Waals surface area contributed by atoms with Gasteiger partial charge in [-0.05, 0) is 36.8 Å². The number of hydrogen-bond acceptors (Lipinski definition) is 5. The van der Waals surface area contributed by atoms with Gasteiger partial charge in [-0.3, -0.25) is 9.20 Å². The molecule has 7 nitrogen and oxygen atoms in total. The van der Waals surface area contributed by atoms with Gasteiger partial charge in [0, 0.05) is 47.7 Å². The van der Waals surface area contributed by atoms with Gasteiger partial charge in [-0.2, -0.15) is 4.31 Å². The number of rotatable bonds is 7. The van der Waals surface area contributed by atoms with Gasteiger partial charge in [0.1, 0.15) is 0 Å². The summed E-state index contributed by atoms with van der Waals surface area (Å²) in [6.07, 6.45) is 3.92. The number of sulfonamides is 1. The maximum atomic E-state index is 13.0. The van der Waals surface area contributed by atoms with Gasteiger partial charge < -0.3 is 5.32 Å². The highest BCUT2D eigenvalue weighted by Crippen LogP contribution is 2.24. The lowest BCUT2D eigenvalue weighted by molar-refractivity contribution is 0.102. The van der Waals surface area contributed by atoms with Crippen molar-refractivity contribution in [3.8, 4) is 11.3 Å². The first kappa shape index (κ1) is 22.2. The number of aryl methyl sites for hydroxylation is 1. The fourth-order valence-corrected chi connectivity index (χ4v) is 5.92. The number of nitrogens with one attached hydrogen (secondary N) is 1. The van der Waals surface area contributed by atoms with Gasteiger partial charge in [0.2, 0.25) is 10.0 Å². The van der Waals surface area contributed by atoms with Crippen LogP contribution in [0, 0.1) is 6.92 Å². The summed E-state index contributed by atoms with van der Waals surface area (Å²) in [5.74, 6) is -0.365. The van der Waals surface area contributed by atoms with Gasteiger partial charge in [-0.15, -0.1) is 11.3 Å². The summed E-state index contributed by atoms with van der Waals surface area (Å²) in [4.78, 5) is 18.5. The summed E-state index contributed by atoms with van der Waals surface area (Å²) >= 11 is 1.57. The first-order chi connectivity index (χ1) is 15.3. The maximum Gasteiger partial charge on any atom is 0.255 e.